The van der Waals surface area contributed by atoms with Crippen LogP contribution in [0.3, 0.4) is 0 Å². The monoisotopic (exact) mass is 592 g/mol. The second kappa shape index (κ2) is 11.8. The zero-order valence-electron chi connectivity index (χ0n) is 23.6. The van der Waals surface area contributed by atoms with Gasteiger partial charge in [-0.2, -0.15) is 0 Å². The van der Waals surface area contributed by atoms with Gasteiger partial charge in [0.25, 0.3) is 0 Å². The lowest BCUT2D eigenvalue weighted by Gasteiger charge is -2.30. The van der Waals surface area contributed by atoms with Crippen LogP contribution in [0.5, 0.6) is 11.6 Å². The number of aliphatic hydroxyl groups excluding tert-OH is 1. The first-order chi connectivity index (χ1) is 20.0. The number of anilines is 1. The number of benzene rings is 2. The maximum Gasteiger partial charge on any atom is 0.412 e. The summed E-state index contributed by atoms with van der Waals surface area (Å²) in [6, 6.07) is 6.01. The Labute approximate surface area is 244 Å². The molecule has 3 atom stereocenters. The summed E-state index contributed by atoms with van der Waals surface area (Å²) >= 11 is 1.36. The quantitative estimate of drug-likeness (QED) is 0.211. The van der Waals surface area contributed by atoms with E-state index in [-0.39, 0.29) is 17.3 Å². The summed E-state index contributed by atoms with van der Waals surface area (Å²) in [6.07, 6.45) is 1.29. The number of fused-ring (bicyclic) bond motifs is 2. The number of halogens is 1. The van der Waals surface area contributed by atoms with Crippen molar-refractivity contribution < 1.29 is 28.9 Å². The lowest BCUT2D eigenvalue weighted by molar-refractivity contribution is 0.166. The minimum atomic E-state index is -1.25. The Morgan fingerprint density at radius 2 is 1.79 bits per heavy atom. The van der Waals surface area contributed by atoms with Gasteiger partial charge in [0, 0.05) is 17.7 Å². The highest BCUT2D eigenvalue weighted by molar-refractivity contribution is 7.21. The first-order valence-corrected chi connectivity index (χ1v) is 14.1. The van der Waals surface area contributed by atoms with Crippen molar-refractivity contribution in [2.45, 2.75) is 52.9 Å². The molecule has 3 heterocycles. The van der Waals surface area contributed by atoms with Crippen molar-refractivity contribution >= 4 is 44.4 Å². The Kier molecular flexibility index (Phi) is 8.14. The minimum absolute atomic E-state index is 0.0293. The first kappa shape index (κ1) is 29.0. The molecule has 2 N–H and O–H groups in total. The van der Waals surface area contributed by atoms with Gasteiger partial charge >= 0.3 is 6.09 Å². The number of rotatable bonds is 9. The van der Waals surface area contributed by atoms with Crippen LogP contribution in [0.4, 0.5) is 14.9 Å². The van der Waals surface area contributed by atoms with Gasteiger partial charge in [-0.15, -0.1) is 11.3 Å². The van der Waals surface area contributed by atoms with Crippen molar-refractivity contribution in [2.75, 3.05) is 11.5 Å². The van der Waals surface area contributed by atoms with E-state index in [9.17, 15) is 15.0 Å². The van der Waals surface area contributed by atoms with Crippen molar-refractivity contribution in [3.8, 4) is 22.2 Å². The van der Waals surface area contributed by atoms with Gasteiger partial charge in [-0.3, -0.25) is 4.90 Å². The molecule has 0 aliphatic rings. The highest BCUT2D eigenvalue weighted by Crippen LogP contribution is 2.37. The number of ether oxygens (including phenoxy) is 2. The number of hydrogen-bond donors (Lipinski definition) is 2. The lowest BCUT2D eigenvalue weighted by Crippen LogP contribution is -2.46. The van der Waals surface area contributed by atoms with E-state index in [1.165, 1.54) is 36.7 Å². The summed E-state index contributed by atoms with van der Waals surface area (Å²) in [7, 11) is 0. The van der Waals surface area contributed by atoms with E-state index in [1.54, 1.807) is 26.1 Å². The van der Waals surface area contributed by atoms with Crippen molar-refractivity contribution in [1.82, 2.24) is 24.9 Å². The van der Waals surface area contributed by atoms with Crippen molar-refractivity contribution in [1.29, 1.82) is 0 Å². The topological polar surface area (TPSA) is 144 Å². The molecule has 13 heteroatoms. The molecule has 1 amide bonds. The fraction of sp³-hybridized carbons (Fsp3) is 0.310. The fourth-order valence-corrected chi connectivity index (χ4v) is 5.46. The number of nitrogens with zero attached hydrogens (tertiary/aromatic N) is 6. The van der Waals surface area contributed by atoms with Gasteiger partial charge in [-0.1, -0.05) is 0 Å². The molecule has 0 fully saturated rings. The summed E-state index contributed by atoms with van der Waals surface area (Å²) in [5.41, 5.74) is 3.71. The molecule has 11 nitrogen and oxygen atoms in total. The Morgan fingerprint density at radius 1 is 1.05 bits per heavy atom. The smallest absolute Gasteiger partial charge is 0.412 e. The average Bonchev–Trinajstić information content (AvgIpc) is 3.35. The molecular weight excluding hydrogens is 563 g/mol. The summed E-state index contributed by atoms with van der Waals surface area (Å²) in [5.74, 6) is -0.0522. The van der Waals surface area contributed by atoms with E-state index < -0.39 is 30.2 Å². The zero-order valence-corrected chi connectivity index (χ0v) is 24.4. The van der Waals surface area contributed by atoms with Crippen molar-refractivity contribution in [2.24, 2.45) is 0 Å². The largest absolute Gasteiger partial charge is 0.485 e. The molecule has 3 aromatic heterocycles. The maximum absolute atomic E-state index is 15.2. The van der Waals surface area contributed by atoms with Crippen LogP contribution in [0.1, 0.15) is 45.2 Å². The molecule has 42 heavy (non-hydrogen) atoms. The molecule has 0 bridgehead atoms. The molecule has 0 saturated carbocycles. The van der Waals surface area contributed by atoms with E-state index in [4.69, 9.17) is 9.47 Å². The third-order valence-corrected chi connectivity index (χ3v) is 7.70. The molecule has 0 spiro atoms. The van der Waals surface area contributed by atoms with Crippen LogP contribution in [-0.2, 0) is 0 Å². The number of carboxylic acid groups (broad SMARTS) is 1. The number of amides is 1. The zero-order chi connectivity index (χ0) is 30.1. The standard InChI is InChI=1S/C29H29FN6O5S/c1-6-40-25-13-31-26-19(7-14(2)8-22(26)34-25)28-35-21-9-20(30)23(10-24(21)42-28)41-17(5)15(3)36(29(38)39)18-11-32-27(16(4)37)33-12-18/h7-13,15-17,37H,6H2,1-5H3,(H,38,39)/t15?,16-,17?/m0/s1. The second-order valence-corrected chi connectivity index (χ2v) is 10.8. The van der Waals surface area contributed by atoms with E-state index in [0.717, 1.165) is 16.0 Å². The Balaban J connectivity index is 1.43. The summed E-state index contributed by atoms with van der Waals surface area (Å²) in [6.45, 7) is 9.11. The number of hydrogen-bond acceptors (Lipinski definition) is 10. The Morgan fingerprint density at radius 3 is 2.45 bits per heavy atom. The lowest BCUT2D eigenvalue weighted by atomic mass is 10.1. The first-order valence-electron chi connectivity index (χ1n) is 13.2. The van der Waals surface area contributed by atoms with Crippen LogP contribution in [0.25, 0.3) is 31.8 Å². The predicted molar refractivity (Wildman–Crippen MR) is 157 cm³/mol. The van der Waals surface area contributed by atoms with Gasteiger partial charge in [0.2, 0.25) is 5.88 Å². The normalized spacial score (nSPS) is 13.6. The van der Waals surface area contributed by atoms with Gasteiger partial charge < -0.3 is 19.7 Å². The highest BCUT2D eigenvalue weighted by atomic mass is 32.1. The van der Waals surface area contributed by atoms with E-state index in [0.29, 0.717) is 38.7 Å². The molecule has 2 aromatic carbocycles. The van der Waals surface area contributed by atoms with E-state index in [2.05, 4.69) is 24.9 Å². The number of carbonyl (C=O) groups is 1. The van der Waals surface area contributed by atoms with Crippen LogP contribution in [0.15, 0.2) is 42.9 Å². The molecule has 5 rings (SSSR count). The van der Waals surface area contributed by atoms with Gasteiger partial charge in [-0.05, 0) is 52.3 Å². The SMILES string of the molecule is CCOc1cnc2c(-c3nc4cc(F)c(OC(C)C(C)N(C(=O)O)c5cnc([C@H](C)O)nc5)cc4s3)cc(C)cc2n1. The van der Waals surface area contributed by atoms with Crippen molar-refractivity contribution in [3.05, 3.63) is 60.1 Å². The maximum atomic E-state index is 15.2. The summed E-state index contributed by atoms with van der Waals surface area (Å²) < 4.78 is 27.4. The van der Waals surface area contributed by atoms with Crippen LogP contribution in [0, 0.1) is 12.7 Å². The molecular formula is C29H29FN6O5S. The number of aryl methyl sites for hydroxylation is 1. The Hall–Kier alpha value is -4.49. The molecule has 0 aliphatic heterocycles. The molecule has 2 unspecified atom stereocenters. The van der Waals surface area contributed by atoms with Gasteiger partial charge in [0.15, 0.2) is 17.4 Å². The molecule has 5 aromatic rings. The number of thiazole rings is 1. The highest BCUT2D eigenvalue weighted by Gasteiger charge is 2.29. The van der Waals surface area contributed by atoms with Gasteiger partial charge in [-0.25, -0.2) is 34.1 Å². The molecule has 0 radical (unpaired) electrons. The molecule has 0 aliphatic carbocycles. The summed E-state index contributed by atoms with van der Waals surface area (Å²) in [5, 5.41) is 20.2. The van der Waals surface area contributed by atoms with E-state index in [1.807, 2.05) is 26.0 Å². The second-order valence-electron chi connectivity index (χ2n) is 9.78. The molecule has 218 valence electrons. The molecule has 0 saturated heterocycles. The van der Waals surface area contributed by atoms with E-state index >= 15 is 4.39 Å². The van der Waals surface area contributed by atoms with Crippen LogP contribution in [0.2, 0.25) is 0 Å². The third kappa shape index (κ3) is 5.78. The van der Waals surface area contributed by atoms with Gasteiger partial charge in [0.05, 0.1) is 58.2 Å². The van der Waals surface area contributed by atoms with Crippen LogP contribution >= 0.6 is 11.3 Å². The van der Waals surface area contributed by atoms with Crippen LogP contribution in [-0.4, -0.2) is 60.0 Å². The van der Waals surface area contributed by atoms with Crippen molar-refractivity contribution in [3.63, 3.8) is 0 Å². The average molecular weight is 593 g/mol. The Bertz CT molecular complexity index is 1760. The third-order valence-electron chi connectivity index (χ3n) is 6.65. The number of aliphatic hydroxyl groups is 1. The van der Waals surface area contributed by atoms with Gasteiger partial charge in [0.1, 0.15) is 17.2 Å². The fourth-order valence-electron chi connectivity index (χ4n) is 4.46. The van der Waals surface area contributed by atoms with Crippen LogP contribution < -0.4 is 14.4 Å². The minimum Gasteiger partial charge on any atom is -0.485 e. The number of aromatic nitrogens is 5. The predicted octanol–water partition coefficient (Wildman–Crippen LogP) is 5.94. The summed E-state index contributed by atoms with van der Waals surface area (Å²) in [4.78, 5) is 35.0.